The van der Waals surface area contributed by atoms with Gasteiger partial charge in [-0.1, -0.05) is 18.2 Å². The van der Waals surface area contributed by atoms with E-state index in [1.807, 2.05) is 0 Å². The molecule has 2 rings (SSSR count). The Balaban J connectivity index is 2.01. The molecule has 0 spiro atoms. The van der Waals surface area contributed by atoms with Gasteiger partial charge < -0.3 is 9.84 Å². The van der Waals surface area contributed by atoms with Gasteiger partial charge in [0.25, 0.3) is 0 Å². The quantitative estimate of drug-likeness (QED) is 0.784. The summed E-state index contributed by atoms with van der Waals surface area (Å²) < 4.78 is 5.15. The molecule has 1 aliphatic carbocycles. The Labute approximate surface area is 99.2 Å². The van der Waals surface area contributed by atoms with Crippen molar-refractivity contribution in [3.8, 4) is 0 Å². The van der Waals surface area contributed by atoms with Crippen LogP contribution in [0, 0.1) is 0 Å². The highest BCUT2D eigenvalue weighted by Gasteiger charge is 2.32. The van der Waals surface area contributed by atoms with Crippen molar-refractivity contribution in [1.82, 2.24) is 0 Å². The van der Waals surface area contributed by atoms with E-state index >= 15 is 0 Å². The molecule has 1 saturated carbocycles. The van der Waals surface area contributed by atoms with E-state index in [-0.39, 0.29) is 5.78 Å². The predicted octanol–water partition coefficient (Wildman–Crippen LogP) is 1.33. The van der Waals surface area contributed by atoms with Crippen molar-refractivity contribution in [2.24, 2.45) is 0 Å². The van der Waals surface area contributed by atoms with Crippen LogP contribution in [-0.2, 0) is 9.53 Å². The Bertz CT molecular complexity index is 413. The van der Waals surface area contributed by atoms with Gasteiger partial charge in [0.1, 0.15) is 12.2 Å². The van der Waals surface area contributed by atoms with Crippen LogP contribution in [0.4, 0.5) is 0 Å². The van der Waals surface area contributed by atoms with E-state index < -0.39 is 18.2 Å². The molecule has 1 aromatic rings. The van der Waals surface area contributed by atoms with Crippen molar-refractivity contribution < 1.29 is 19.4 Å². The maximum atomic E-state index is 11.7. The lowest BCUT2D eigenvalue weighted by molar-refractivity contribution is -0.137. The summed E-state index contributed by atoms with van der Waals surface area (Å²) in [5.74, 6) is -0.744. The fourth-order valence-electron chi connectivity index (χ4n) is 1.89. The summed E-state index contributed by atoms with van der Waals surface area (Å²) in [4.78, 5) is 23.0. The van der Waals surface area contributed by atoms with E-state index in [0.717, 1.165) is 0 Å². The first-order valence-corrected chi connectivity index (χ1v) is 5.65. The molecule has 90 valence electrons. The molecule has 17 heavy (non-hydrogen) atoms. The molecule has 0 aromatic heterocycles. The molecule has 4 heteroatoms. The third-order valence-electron chi connectivity index (χ3n) is 2.86. The summed E-state index contributed by atoms with van der Waals surface area (Å²) in [6.07, 6.45) is -0.324. The van der Waals surface area contributed by atoms with Crippen LogP contribution in [0.2, 0.25) is 0 Å². The SMILES string of the molecule is O=C(O[C@@H]1CCCC(=O)[C@@H]1O)c1ccccc1. The second-order valence-corrected chi connectivity index (χ2v) is 4.11. The molecule has 0 bridgehead atoms. The number of carbonyl (C=O) groups is 2. The normalized spacial score (nSPS) is 24.4. The molecule has 0 saturated heterocycles. The number of rotatable bonds is 2. The first-order valence-electron chi connectivity index (χ1n) is 5.65. The third kappa shape index (κ3) is 2.71. The van der Waals surface area contributed by atoms with Gasteiger partial charge in [0.15, 0.2) is 5.78 Å². The van der Waals surface area contributed by atoms with Crippen molar-refractivity contribution in [3.63, 3.8) is 0 Å². The van der Waals surface area contributed by atoms with Gasteiger partial charge in [0.2, 0.25) is 0 Å². The first kappa shape index (κ1) is 11.8. The number of hydrogen-bond acceptors (Lipinski definition) is 4. The van der Waals surface area contributed by atoms with Crippen LogP contribution in [0.15, 0.2) is 30.3 Å². The summed E-state index contributed by atoms with van der Waals surface area (Å²) in [6, 6.07) is 8.55. The Morgan fingerprint density at radius 2 is 2.00 bits per heavy atom. The summed E-state index contributed by atoms with van der Waals surface area (Å²) >= 11 is 0. The Morgan fingerprint density at radius 1 is 1.29 bits per heavy atom. The van der Waals surface area contributed by atoms with Crippen LogP contribution < -0.4 is 0 Å². The van der Waals surface area contributed by atoms with E-state index in [2.05, 4.69) is 0 Å². The summed E-state index contributed by atoms with van der Waals surface area (Å²) in [6.45, 7) is 0. The zero-order valence-corrected chi connectivity index (χ0v) is 9.33. The van der Waals surface area contributed by atoms with E-state index in [9.17, 15) is 14.7 Å². The van der Waals surface area contributed by atoms with Crippen LogP contribution in [0.1, 0.15) is 29.6 Å². The van der Waals surface area contributed by atoms with E-state index in [4.69, 9.17) is 4.74 Å². The molecule has 0 unspecified atom stereocenters. The van der Waals surface area contributed by atoms with Gasteiger partial charge in [-0.15, -0.1) is 0 Å². The molecule has 1 aromatic carbocycles. The maximum Gasteiger partial charge on any atom is 0.338 e. The number of hydrogen-bond donors (Lipinski definition) is 1. The number of aliphatic hydroxyl groups excluding tert-OH is 1. The van der Waals surface area contributed by atoms with Gasteiger partial charge in [-0.2, -0.15) is 0 Å². The summed E-state index contributed by atoms with van der Waals surface area (Å²) in [5, 5.41) is 9.61. The Kier molecular flexibility index (Phi) is 3.54. The molecule has 0 radical (unpaired) electrons. The van der Waals surface area contributed by atoms with Crippen molar-refractivity contribution in [1.29, 1.82) is 0 Å². The standard InChI is InChI=1S/C13H14O4/c14-10-7-4-8-11(12(10)15)17-13(16)9-5-2-1-3-6-9/h1-3,5-6,11-12,15H,4,7-8H2/t11-,12+/m1/s1. The maximum absolute atomic E-state index is 11.7. The predicted molar refractivity (Wildman–Crippen MR) is 60.5 cm³/mol. The summed E-state index contributed by atoms with van der Waals surface area (Å²) in [5.41, 5.74) is 0.428. The average molecular weight is 234 g/mol. The van der Waals surface area contributed by atoms with Crippen molar-refractivity contribution in [3.05, 3.63) is 35.9 Å². The minimum absolute atomic E-state index is 0.248. The van der Waals surface area contributed by atoms with Crippen molar-refractivity contribution in [2.75, 3.05) is 0 Å². The molecule has 4 nitrogen and oxygen atoms in total. The lowest BCUT2D eigenvalue weighted by atomic mass is 9.93. The number of aliphatic hydroxyl groups is 1. The molecule has 0 amide bonds. The zero-order chi connectivity index (χ0) is 12.3. The lowest BCUT2D eigenvalue weighted by Gasteiger charge is -2.26. The number of ether oxygens (including phenoxy) is 1. The van der Waals surface area contributed by atoms with Crippen LogP contribution in [0.25, 0.3) is 0 Å². The Morgan fingerprint density at radius 3 is 2.71 bits per heavy atom. The number of carbonyl (C=O) groups excluding carboxylic acids is 2. The van der Waals surface area contributed by atoms with E-state index in [1.54, 1.807) is 30.3 Å². The van der Waals surface area contributed by atoms with Gasteiger partial charge in [-0.05, 0) is 25.0 Å². The molecular formula is C13H14O4. The summed E-state index contributed by atoms with van der Waals surface area (Å²) in [7, 11) is 0. The molecule has 1 N–H and O–H groups in total. The van der Waals surface area contributed by atoms with Crippen molar-refractivity contribution >= 4 is 11.8 Å². The van der Waals surface area contributed by atoms with Crippen molar-refractivity contribution in [2.45, 2.75) is 31.5 Å². The van der Waals surface area contributed by atoms with Crippen LogP contribution in [0.3, 0.4) is 0 Å². The van der Waals surface area contributed by atoms with Gasteiger partial charge in [-0.25, -0.2) is 4.79 Å². The molecular weight excluding hydrogens is 220 g/mol. The monoisotopic (exact) mass is 234 g/mol. The third-order valence-corrected chi connectivity index (χ3v) is 2.86. The number of Topliss-reactive ketones (excluding diaryl/α,β-unsaturated/α-hetero) is 1. The highest BCUT2D eigenvalue weighted by Crippen LogP contribution is 2.19. The fourth-order valence-corrected chi connectivity index (χ4v) is 1.89. The topological polar surface area (TPSA) is 63.6 Å². The van der Waals surface area contributed by atoms with Gasteiger partial charge in [-0.3, -0.25) is 4.79 Å². The smallest absolute Gasteiger partial charge is 0.338 e. The largest absolute Gasteiger partial charge is 0.456 e. The van der Waals surface area contributed by atoms with Crippen LogP contribution in [-0.4, -0.2) is 29.1 Å². The minimum atomic E-state index is -1.17. The van der Waals surface area contributed by atoms with Gasteiger partial charge >= 0.3 is 5.97 Å². The van der Waals surface area contributed by atoms with E-state index in [1.165, 1.54) is 0 Å². The molecule has 1 aliphatic rings. The number of benzene rings is 1. The average Bonchev–Trinajstić information content (AvgIpc) is 2.36. The zero-order valence-electron chi connectivity index (χ0n) is 9.33. The second kappa shape index (κ2) is 5.10. The second-order valence-electron chi connectivity index (χ2n) is 4.11. The Hall–Kier alpha value is -1.68. The highest BCUT2D eigenvalue weighted by atomic mass is 16.6. The molecule has 2 atom stereocenters. The van der Waals surface area contributed by atoms with Crippen LogP contribution >= 0.6 is 0 Å². The highest BCUT2D eigenvalue weighted by molar-refractivity contribution is 5.90. The molecule has 0 aliphatic heterocycles. The number of esters is 1. The van der Waals surface area contributed by atoms with Gasteiger partial charge in [0, 0.05) is 6.42 Å². The first-order chi connectivity index (χ1) is 8.18. The fraction of sp³-hybridized carbons (Fsp3) is 0.385. The molecule has 1 fully saturated rings. The van der Waals surface area contributed by atoms with Gasteiger partial charge in [0.05, 0.1) is 5.56 Å². The number of ketones is 1. The molecule has 0 heterocycles. The van der Waals surface area contributed by atoms with E-state index in [0.29, 0.717) is 24.8 Å². The lowest BCUT2D eigenvalue weighted by Crippen LogP contribution is -2.40. The van der Waals surface area contributed by atoms with Crippen LogP contribution in [0.5, 0.6) is 0 Å². The minimum Gasteiger partial charge on any atom is -0.456 e.